The molecule has 0 saturated carbocycles. The topological polar surface area (TPSA) is 77.5 Å². The molecule has 8 heteroatoms. The molecule has 0 radical (unpaired) electrons. The molecule has 2 amide bonds. The van der Waals surface area contributed by atoms with Gasteiger partial charge in [0.1, 0.15) is 5.60 Å². The highest BCUT2D eigenvalue weighted by molar-refractivity contribution is 5.95. The largest absolute Gasteiger partial charge is 0.493 e. The monoisotopic (exact) mass is 464 g/mol. The van der Waals surface area contributed by atoms with Crippen LogP contribution in [-0.2, 0) is 9.47 Å². The van der Waals surface area contributed by atoms with Gasteiger partial charge in [0.25, 0.3) is 5.91 Å². The van der Waals surface area contributed by atoms with E-state index in [4.69, 9.17) is 18.9 Å². The molecule has 0 spiro atoms. The Balaban J connectivity index is 2.16. The summed E-state index contributed by atoms with van der Waals surface area (Å²) in [6.45, 7) is 11.7. The number of rotatable bonds is 10. The zero-order valence-corrected chi connectivity index (χ0v) is 21.2. The summed E-state index contributed by atoms with van der Waals surface area (Å²) in [4.78, 5) is 29.7. The van der Waals surface area contributed by atoms with Gasteiger partial charge in [0.05, 0.1) is 19.8 Å². The average Bonchev–Trinajstić information content (AvgIpc) is 3.21. The number of nitrogens with zero attached hydrogens (tertiary/aromatic N) is 2. The number of ether oxygens (including phenoxy) is 4. The Morgan fingerprint density at radius 1 is 1.15 bits per heavy atom. The minimum atomic E-state index is -0.555. The van der Waals surface area contributed by atoms with Gasteiger partial charge in [-0.25, -0.2) is 4.79 Å². The molecular formula is C25H40N2O6. The Kier molecular flexibility index (Phi) is 9.83. The Morgan fingerprint density at radius 3 is 2.48 bits per heavy atom. The number of hydrogen-bond acceptors (Lipinski definition) is 6. The highest BCUT2D eigenvalue weighted by Crippen LogP contribution is 2.30. The first kappa shape index (κ1) is 26.8. The lowest BCUT2D eigenvalue weighted by Crippen LogP contribution is -2.48. The number of methoxy groups -OCH3 is 2. The second kappa shape index (κ2) is 12.1. The second-order valence-electron chi connectivity index (χ2n) is 9.58. The highest BCUT2D eigenvalue weighted by atomic mass is 16.6. The quantitative estimate of drug-likeness (QED) is 0.479. The summed E-state index contributed by atoms with van der Waals surface area (Å²) in [5.74, 6) is 0.997. The van der Waals surface area contributed by atoms with Crippen molar-refractivity contribution in [1.82, 2.24) is 9.80 Å². The second-order valence-corrected chi connectivity index (χ2v) is 9.58. The molecule has 186 valence electrons. The van der Waals surface area contributed by atoms with E-state index in [1.807, 2.05) is 39.5 Å². The summed E-state index contributed by atoms with van der Waals surface area (Å²) < 4.78 is 21.9. The van der Waals surface area contributed by atoms with Gasteiger partial charge in [-0.2, -0.15) is 0 Å². The van der Waals surface area contributed by atoms with Crippen LogP contribution in [0.2, 0.25) is 0 Å². The third kappa shape index (κ3) is 7.81. The minimum absolute atomic E-state index is 0.0354. The number of amides is 2. The molecule has 1 heterocycles. The molecule has 1 atom stereocenters. The minimum Gasteiger partial charge on any atom is -0.493 e. The third-order valence-electron chi connectivity index (χ3n) is 5.46. The lowest BCUT2D eigenvalue weighted by molar-refractivity contribution is 0.0180. The Morgan fingerprint density at radius 2 is 1.88 bits per heavy atom. The van der Waals surface area contributed by atoms with Gasteiger partial charge in [-0.1, -0.05) is 0 Å². The highest BCUT2D eigenvalue weighted by Gasteiger charge is 2.35. The first-order chi connectivity index (χ1) is 15.6. The van der Waals surface area contributed by atoms with E-state index in [0.29, 0.717) is 43.4 Å². The molecule has 1 saturated heterocycles. The zero-order chi connectivity index (χ0) is 24.6. The van der Waals surface area contributed by atoms with Gasteiger partial charge in [-0.3, -0.25) is 4.79 Å². The van der Waals surface area contributed by atoms with Crippen LogP contribution in [0.4, 0.5) is 4.79 Å². The van der Waals surface area contributed by atoms with E-state index in [9.17, 15) is 9.59 Å². The van der Waals surface area contributed by atoms with Crippen LogP contribution in [-0.4, -0.2) is 80.0 Å². The standard InChI is InChI=1S/C25H40N2O6/c1-18(2)27(17-20-10-8-13-26(20)24(29)33-25(3,4)5)23(28)19-11-12-21(31-7)22(16-19)32-15-9-14-30-6/h11-12,16,18,20H,8-10,13-15,17H2,1-7H3. The van der Waals surface area contributed by atoms with Crippen molar-refractivity contribution in [3.05, 3.63) is 23.8 Å². The molecular weight excluding hydrogens is 424 g/mol. The fourth-order valence-corrected chi connectivity index (χ4v) is 3.82. The van der Waals surface area contributed by atoms with E-state index in [1.165, 1.54) is 0 Å². The van der Waals surface area contributed by atoms with Crippen molar-refractivity contribution in [2.24, 2.45) is 0 Å². The number of carbonyl (C=O) groups is 2. The first-order valence-corrected chi connectivity index (χ1v) is 11.7. The summed E-state index contributed by atoms with van der Waals surface area (Å²) in [5, 5.41) is 0. The van der Waals surface area contributed by atoms with Crippen LogP contribution in [0.15, 0.2) is 18.2 Å². The van der Waals surface area contributed by atoms with Crippen molar-refractivity contribution in [3.63, 3.8) is 0 Å². The van der Waals surface area contributed by atoms with Crippen molar-refractivity contribution >= 4 is 12.0 Å². The molecule has 1 aliphatic heterocycles. The van der Waals surface area contributed by atoms with Gasteiger partial charge >= 0.3 is 6.09 Å². The Bertz CT molecular complexity index is 790. The van der Waals surface area contributed by atoms with E-state index < -0.39 is 5.60 Å². The number of benzene rings is 1. The van der Waals surface area contributed by atoms with Crippen LogP contribution in [0.25, 0.3) is 0 Å². The predicted molar refractivity (Wildman–Crippen MR) is 127 cm³/mol. The normalized spacial score (nSPS) is 16.1. The van der Waals surface area contributed by atoms with Crippen LogP contribution in [0.3, 0.4) is 0 Å². The molecule has 0 aromatic heterocycles. The molecule has 0 bridgehead atoms. The summed E-state index contributed by atoms with van der Waals surface area (Å²) in [5.41, 5.74) is -0.0337. The van der Waals surface area contributed by atoms with Crippen molar-refractivity contribution < 1.29 is 28.5 Å². The van der Waals surface area contributed by atoms with Crippen molar-refractivity contribution in [2.75, 3.05) is 40.5 Å². The lowest BCUT2D eigenvalue weighted by atomic mass is 10.1. The molecule has 1 aliphatic rings. The van der Waals surface area contributed by atoms with E-state index in [-0.39, 0.29) is 24.1 Å². The maximum Gasteiger partial charge on any atom is 0.410 e. The van der Waals surface area contributed by atoms with Crippen molar-refractivity contribution in [3.8, 4) is 11.5 Å². The molecule has 2 rings (SSSR count). The molecule has 8 nitrogen and oxygen atoms in total. The molecule has 0 aliphatic carbocycles. The molecule has 1 fully saturated rings. The Labute approximate surface area is 198 Å². The summed E-state index contributed by atoms with van der Waals surface area (Å²) in [6.07, 6.45) is 2.15. The first-order valence-electron chi connectivity index (χ1n) is 11.7. The third-order valence-corrected chi connectivity index (χ3v) is 5.46. The van der Waals surface area contributed by atoms with Gasteiger partial charge in [-0.15, -0.1) is 0 Å². The van der Waals surface area contributed by atoms with E-state index in [2.05, 4.69) is 0 Å². The molecule has 1 unspecified atom stereocenters. The smallest absolute Gasteiger partial charge is 0.410 e. The SMILES string of the molecule is COCCCOc1cc(C(=O)N(CC2CCCN2C(=O)OC(C)(C)C)C(C)C)ccc1OC. The van der Waals surface area contributed by atoms with Crippen LogP contribution >= 0.6 is 0 Å². The van der Waals surface area contributed by atoms with Crippen LogP contribution in [0.1, 0.15) is 64.2 Å². The van der Waals surface area contributed by atoms with E-state index in [1.54, 1.807) is 37.3 Å². The number of hydrogen-bond donors (Lipinski definition) is 0. The van der Waals surface area contributed by atoms with Gasteiger partial charge in [0.15, 0.2) is 11.5 Å². The van der Waals surface area contributed by atoms with Crippen LogP contribution in [0.5, 0.6) is 11.5 Å². The molecule has 0 N–H and O–H groups in total. The molecule has 1 aromatic carbocycles. The lowest BCUT2D eigenvalue weighted by Gasteiger charge is -2.34. The molecule has 1 aromatic rings. The van der Waals surface area contributed by atoms with Gasteiger partial charge in [0.2, 0.25) is 0 Å². The maximum absolute atomic E-state index is 13.5. The van der Waals surface area contributed by atoms with Crippen LogP contribution < -0.4 is 9.47 Å². The van der Waals surface area contributed by atoms with Gasteiger partial charge in [0, 0.05) is 44.8 Å². The van der Waals surface area contributed by atoms with Gasteiger partial charge in [-0.05, 0) is 65.7 Å². The van der Waals surface area contributed by atoms with Crippen LogP contribution in [0, 0.1) is 0 Å². The average molecular weight is 465 g/mol. The zero-order valence-electron chi connectivity index (χ0n) is 21.2. The predicted octanol–water partition coefficient (Wildman–Crippen LogP) is 4.36. The molecule has 33 heavy (non-hydrogen) atoms. The van der Waals surface area contributed by atoms with Gasteiger partial charge < -0.3 is 28.7 Å². The fraction of sp³-hybridized carbons (Fsp3) is 0.680. The summed E-state index contributed by atoms with van der Waals surface area (Å²) in [7, 11) is 3.22. The van der Waals surface area contributed by atoms with E-state index in [0.717, 1.165) is 19.3 Å². The number of carbonyl (C=O) groups excluding carboxylic acids is 2. The fourth-order valence-electron chi connectivity index (χ4n) is 3.82. The van der Waals surface area contributed by atoms with Crippen molar-refractivity contribution in [1.29, 1.82) is 0 Å². The summed E-state index contributed by atoms with van der Waals surface area (Å²) >= 11 is 0. The summed E-state index contributed by atoms with van der Waals surface area (Å²) in [6, 6.07) is 5.11. The Hall–Kier alpha value is -2.48. The van der Waals surface area contributed by atoms with E-state index >= 15 is 0 Å². The number of likely N-dealkylation sites (tertiary alicyclic amines) is 1. The maximum atomic E-state index is 13.5. The van der Waals surface area contributed by atoms with Crippen molar-refractivity contribution in [2.45, 2.75) is 71.6 Å².